The number of amides is 1. The smallest absolute Gasteiger partial charge is 0.241 e. The summed E-state index contributed by atoms with van der Waals surface area (Å²) in [6.07, 6.45) is 3.39. The first-order chi connectivity index (χ1) is 10.2. The van der Waals surface area contributed by atoms with E-state index in [-0.39, 0.29) is 5.91 Å². The van der Waals surface area contributed by atoms with E-state index in [4.69, 9.17) is 4.52 Å². The Morgan fingerprint density at radius 1 is 1.41 bits per heavy atom. The number of aryl methyl sites for hydroxylation is 2. The molecule has 124 valence electrons. The van der Waals surface area contributed by atoms with Gasteiger partial charge in [0.25, 0.3) is 0 Å². The minimum atomic E-state index is -3.38. The summed E-state index contributed by atoms with van der Waals surface area (Å²) in [6, 6.07) is -0.603. The summed E-state index contributed by atoms with van der Waals surface area (Å²) in [6.45, 7) is 4.41. The first kappa shape index (κ1) is 17.0. The van der Waals surface area contributed by atoms with E-state index in [9.17, 15) is 13.2 Å². The van der Waals surface area contributed by atoms with Crippen LogP contribution in [0.1, 0.15) is 36.3 Å². The fourth-order valence-corrected chi connectivity index (χ4v) is 3.96. The average molecular weight is 329 g/mol. The third kappa shape index (κ3) is 3.49. The van der Waals surface area contributed by atoms with Gasteiger partial charge in [-0.05, 0) is 26.7 Å². The Morgan fingerprint density at radius 3 is 2.64 bits per heavy atom. The molecular formula is C14H23N3O4S. The van der Waals surface area contributed by atoms with Crippen LogP contribution < -0.4 is 0 Å². The molecule has 0 aromatic carbocycles. The summed E-state index contributed by atoms with van der Waals surface area (Å²) < 4.78 is 30.2. The van der Waals surface area contributed by atoms with E-state index < -0.39 is 16.1 Å². The van der Waals surface area contributed by atoms with E-state index in [0.29, 0.717) is 25.3 Å². The first-order valence-corrected chi connectivity index (χ1v) is 9.20. The highest BCUT2D eigenvalue weighted by atomic mass is 32.2. The fourth-order valence-electron chi connectivity index (χ4n) is 2.85. The molecule has 0 N–H and O–H groups in total. The van der Waals surface area contributed by atoms with Crippen LogP contribution in [0.3, 0.4) is 0 Å². The highest BCUT2D eigenvalue weighted by Crippen LogP contribution is 2.22. The first-order valence-electron chi connectivity index (χ1n) is 7.35. The van der Waals surface area contributed by atoms with Crippen LogP contribution in [0.15, 0.2) is 4.52 Å². The van der Waals surface area contributed by atoms with Crippen molar-refractivity contribution in [3.05, 3.63) is 17.0 Å². The van der Waals surface area contributed by atoms with E-state index in [2.05, 4.69) is 5.16 Å². The number of likely N-dealkylation sites (N-methyl/N-ethyl adjacent to an activating group) is 1. The van der Waals surface area contributed by atoms with E-state index in [1.165, 1.54) is 4.31 Å². The highest BCUT2D eigenvalue weighted by molar-refractivity contribution is 7.88. The van der Waals surface area contributed by atoms with Crippen molar-refractivity contribution in [1.29, 1.82) is 0 Å². The standard InChI is InChI=1S/C14H23N3O4S/c1-10-12(11(2)21-15-10)9-16(3)14(18)13-7-5-6-8-17(13)22(4,19)20/h13H,5-9H2,1-4H3/t13-/m0/s1. The van der Waals surface area contributed by atoms with E-state index in [0.717, 1.165) is 30.4 Å². The third-order valence-corrected chi connectivity index (χ3v) is 5.41. The molecule has 1 fully saturated rings. The van der Waals surface area contributed by atoms with Gasteiger partial charge in [-0.1, -0.05) is 11.6 Å². The van der Waals surface area contributed by atoms with Gasteiger partial charge in [0.15, 0.2) is 0 Å². The van der Waals surface area contributed by atoms with Crippen LogP contribution in [0.25, 0.3) is 0 Å². The topological polar surface area (TPSA) is 83.7 Å². The van der Waals surface area contributed by atoms with Gasteiger partial charge in [0.1, 0.15) is 11.8 Å². The molecule has 0 saturated carbocycles. The zero-order chi connectivity index (χ0) is 16.5. The van der Waals surface area contributed by atoms with E-state index in [1.54, 1.807) is 18.9 Å². The van der Waals surface area contributed by atoms with Gasteiger partial charge in [0, 0.05) is 19.2 Å². The molecule has 1 aliphatic heterocycles. The highest BCUT2D eigenvalue weighted by Gasteiger charge is 2.36. The minimum absolute atomic E-state index is 0.176. The Bertz CT molecular complexity index is 634. The summed E-state index contributed by atoms with van der Waals surface area (Å²) in [7, 11) is -1.69. The monoisotopic (exact) mass is 329 g/mol. The van der Waals surface area contributed by atoms with Crippen LogP contribution in [-0.4, -0.2) is 54.6 Å². The van der Waals surface area contributed by atoms with Gasteiger partial charge in [-0.15, -0.1) is 0 Å². The fraction of sp³-hybridized carbons (Fsp3) is 0.714. The Balaban J connectivity index is 2.15. The predicted octanol–water partition coefficient (Wildman–Crippen LogP) is 1.06. The van der Waals surface area contributed by atoms with Gasteiger partial charge in [0.2, 0.25) is 15.9 Å². The molecule has 1 saturated heterocycles. The van der Waals surface area contributed by atoms with Crippen LogP contribution in [0.4, 0.5) is 0 Å². The molecule has 1 aliphatic rings. The van der Waals surface area contributed by atoms with Crippen LogP contribution in [0.2, 0.25) is 0 Å². The second-order valence-electron chi connectivity index (χ2n) is 5.88. The number of nitrogens with zero attached hydrogens (tertiary/aromatic N) is 3. The van der Waals surface area contributed by atoms with Gasteiger partial charge < -0.3 is 9.42 Å². The van der Waals surface area contributed by atoms with Crippen LogP contribution in [-0.2, 0) is 21.4 Å². The number of sulfonamides is 1. The van der Waals surface area contributed by atoms with Crippen molar-refractivity contribution in [3.8, 4) is 0 Å². The molecule has 0 radical (unpaired) electrons. The number of aromatic nitrogens is 1. The van der Waals surface area contributed by atoms with Crippen molar-refractivity contribution in [1.82, 2.24) is 14.4 Å². The second kappa shape index (κ2) is 6.37. The zero-order valence-corrected chi connectivity index (χ0v) is 14.3. The summed E-state index contributed by atoms with van der Waals surface area (Å²) in [4.78, 5) is 14.2. The lowest BCUT2D eigenvalue weighted by Gasteiger charge is -2.34. The van der Waals surface area contributed by atoms with Crippen molar-refractivity contribution in [2.24, 2.45) is 0 Å². The van der Waals surface area contributed by atoms with Crippen molar-refractivity contribution in [3.63, 3.8) is 0 Å². The molecule has 0 aliphatic carbocycles. The van der Waals surface area contributed by atoms with Crippen molar-refractivity contribution in [2.45, 2.75) is 45.7 Å². The van der Waals surface area contributed by atoms with Crippen molar-refractivity contribution < 1.29 is 17.7 Å². The maximum Gasteiger partial charge on any atom is 0.241 e. The molecule has 0 unspecified atom stereocenters. The molecule has 1 amide bonds. The number of hydrogen-bond acceptors (Lipinski definition) is 5. The lowest BCUT2D eigenvalue weighted by molar-refractivity contribution is -0.135. The predicted molar refractivity (Wildman–Crippen MR) is 81.6 cm³/mol. The maximum absolute atomic E-state index is 12.7. The Hall–Kier alpha value is -1.41. The zero-order valence-electron chi connectivity index (χ0n) is 13.5. The molecular weight excluding hydrogens is 306 g/mol. The van der Waals surface area contributed by atoms with Gasteiger partial charge in [-0.2, -0.15) is 4.31 Å². The van der Waals surface area contributed by atoms with Gasteiger partial charge in [-0.25, -0.2) is 8.42 Å². The summed E-state index contributed by atoms with van der Waals surface area (Å²) in [5.41, 5.74) is 1.62. The SMILES string of the molecule is Cc1noc(C)c1CN(C)C(=O)[C@@H]1CCCCN1S(C)(=O)=O. The third-order valence-electron chi connectivity index (χ3n) is 4.12. The maximum atomic E-state index is 12.7. The Morgan fingerprint density at radius 2 is 2.09 bits per heavy atom. The lowest BCUT2D eigenvalue weighted by atomic mass is 10.0. The van der Waals surface area contributed by atoms with E-state index >= 15 is 0 Å². The van der Waals surface area contributed by atoms with E-state index in [1.807, 2.05) is 6.92 Å². The quantitative estimate of drug-likeness (QED) is 0.825. The molecule has 1 aromatic rings. The van der Waals surface area contributed by atoms with Gasteiger partial charge in [-0.3, -0.25) is 4.79 Å². The van der Waals surface area contributed by atoms with Crippen molar-refractivity contribution >= 4 is 15.9 Å². The van der Waals surface area contributed by atoms with Crippen LogP contribution >= 0.6 is 0 Å². The number of piperidine rings is 1. The normalized spacial score (nSPS) is 20.1. The summed E-state index contributed by atoms with van der Waals surface area (Å²) in [5.74, 6) is 0.505. The molecule has 2 rings (SSSR count). The average Bonchev–Trinajstić information content (AvgIpc) is 2.77. The molecule has 22 heavy (non-hydrogen) atoms. The largest absolute Gasteiger partial charge is 0.361 e. The Kier molecular flexibility index (Phi) is 4.91. The molecule has 1 aromatic heterocycles. The van der Waals surface area contributed by atoms with Gasteiger partial charge in [0.05, 0.1) is 18.5 Å². The molecule has 8 heteroatoms. The Labute approximate surface area is 131 Å². The number of hydrogen-bond donors (Lipinski definition) is 0. The van der Waals surface area contributed by atoms with Crippen LogP contribution in [0, 0.1) is 13.8 Å². The van der Waals surface area contributed by atoms with Gasteiger partial charge >= 0.3 is 0 Å². The second-order valence-corrected chi connectivity index (χ2v) is 7.82. The summed E-state index contributed by atoms with van der Waals surface area (Å²) >= 11 is 0. The minimum Gasteiger partial charge on any atom is -0.361 e. The number of carbonyl (C=O) groups is 1. The molecule has 0 spiro atoms. The molecule has 1 atom stereocenters. The lowest BCUT2D eigenvalue weighted by Crippen LogP contribution is -2.51. The number of rotatable bonds is 4. The molecule has 0 bridgehead atoms. The molecule has 7 nitrogen and oxygen atoms in total. The number of carbonyl (C=O) groups excluding carboxylic acids is 1. The van der Waals surface area contributed by atoms with Crippen molar-refractivity contribution in [2.75, 3.05) is 19.8 Å². The summed E-state index contributed by atoms with van der Waals surface area (Å²) in [5, 5.41) is 3.88. The molecule has 2 heterocycles. The van der Waals surface area contributed by atoms with Crippen LogP contribution in [0.5, 0.6) is 0 Å².